The maximum atomic E-state index is 12.4. The normalized spacial score (nSPS) is 17.5. The van der Waals surface area contributed by atoms with Crippen LogP contribution in [0, 0.1) is 5.92 Å². The molecule has 2 aromatic rings. The van der Waals surface area contributed by atoms with E-state index in [1.807, 2.05) is 48.5 Å². The van der Waals surface area contributed by atoms with E-state index in [1.165, 1.54) is 0 Å². The van der Waals surface area contributed by atoms with E-state index in [2.05, 4.69) is 4.99 Å². The summed E-state index contributed by atoms with van der Waals surface area (Å²) in [4.78, 5) is 18.5. The first kappa shape index (κ1) is 18.6. The topological polar surface area (TPSA) is 55.0 Å². The summed E-state index contributed by atoms with van der Waals surface area (Å²) in [5.41, 5.74) is 2.13. The van der Waals surface area contributed by atoms with Gasteiger partial charge in [-0.2, -0.15) is 0 Å². The Labute approximate surface area is 164 Å². The Hall–Kier alpha value is -1.75. The van der Waals surface area contributed by atoms with Crippen molar-refractivity contribution in [3.8, 4) is 0 Å². The van der Waals surface area contributed by atoms with Crippen molar-refractivity contribution in [2.75, 3.05) is 13.6 Å². The molecule has 116 valence electrons. The summed E-state index contributed by atoms with van der Waals surface area (Å²) in [6.45, 7) is 0.710. The number of amides is 1. The number of carbonyl (C=O) groups excluding carboxylic acids is 1. The molecule has 5 heteroatoms. The van der Waals surface area contributed by atoms with Crippen molar-refractivity contribution < 1.29 is 34.4 Å². The number of hydrogen-bond acceptors (Lipinski definition) is 1. The van der Waals surface area contributed by atoms with Gasteiger partial charge in [0.05, 0.1) is 5.92 Å². The Bertz CT molecular complexity index is 744. The second-order valence-corrected chi connectivity index (χ2v) is 5.65. The van der Waals surface area contributed by atoms with Crippen LogP contribution in [0.4, 0.5) is 0 Å². The monoisotopic (exact) mass is 327 g/mol. The van der Waals surface area contributed by atoms with Gasteiger partial charge in [0.1, 0.15) is 0 Å². The standard InChI is InChI=1S/C19H18N3O.Na/c1-22-13-12-16(19(22)23)17(14-8-4-2-5-9-14)21-18(20)15-10-6-3-7-11-15;/h2-11,16H,12-13H2,1H3;/q-1;+1. The zero-order chi connectivity index (χ0) is 16.2. The SMILES string of the molecule is CN1CCC(C(=NC(=[N-])c2ccccc2)c2ccccc2)C1=O.[Na+]. The zero-order valence-electron chi connectivity index (χ0n) is 14.0. The largest absolute Gasteiger partial charge is 1.00 e. The molecule has 0 aliphatic carbocycles. The van der Waals surface area contributed by atoms with Crippen LogP contribution in [0.1, 0.15) is 17.5 Å². The van der Waals surface area contributed by atoms with Crippen molar-refractivity contribution in [2.45, 2.75) is 6.42 Å². The number of carbonyl (C=O) groups is 1. The van der Waals surface area contributed by atoms with E-state index in [9.17, 15) is 10.2 Å². The molecule has 1 amide bonds. The maximum Gasteiger partial charge on any atom is 1.00 e. The van der Waals surface area contributed by atoms with Gasteiger partial charge in [0.15, 0.2) is 0 Å². The molecule has 1 aliphatic rings. The van der Waals surface area contributed by atoms with Crippen molar-refractivity contribution >= 4 is 17.5 Å². The molecule has 0 bridgehead atoms. The Morgan fingerprint density at radius 2 is 1.58 bits per heavy atom. The van der Waals surface area contributed by atoms with E-state index >= 15 is 0 Å². The third kappa shape index (κ3) is 4.01. The fraction of sp³-hybridized carbons (Fsp3) is 0.211. The molecule has 0 N–H and O–H groups in total. The molecule has 1 aliphatic heterocycles. The van der Waals surface area contributed by atoms with Gasteiger partial charge >= 0.3 is 29.6 Å². The van der Waals surface area contributed by atoms with Gasteiger partial charge in [-0.05, 0) is 23.3 Å². The molecule has 0 aromatic heterocycles. The van der Waals surface area contributed by atoms with Crippen LogP contribution in [0.2, 0.25) is 0 Å². The van der Waals surface area contributed by atoms with Gasteiger partial charge < -0.3 is 15.3 Å². The number of nitrogens with zero attached hydrogens (tertiary/aromatic N) is 3. The van der Waals surface area contributed by atoms with Crippen LogP contribution >= 0.6 is 0 Å². The molecule has 4 nitrogen and oxygen atoms in total. The Kier molecular flexibility index (Phi) is 6.49. The van der Waals surface area contributed by atoms with Gasteiger partial charge in [-0.15, -0.1) is 0 Å². The molecule has 1 unspecified atom stereocenters. The summed E-state index contributed by atoms with van der Waals surface area (Å²) in [5, 5.41) is 10.4. The molecule has 1 heterocycles. The van der Waals surface area contributed by atoms with E-state index in [-0.39, 0.29) is 47.2 Å². The van der Waals surface area contributed by atoms with Crippen LogP contribution in [0.5, 0.6) is 0 Å². The van der Waals surface area contributed by atoms with E-state index in [0.29, 0.717) is 24.2 Å². The van der Waals surface area contributed by atoms with Crippen LogP contribution < -0.4 is 29.6 Å². The van der Waals surface area contributed by atoms with Crippen molar-refractivity contribution in [3.05, 3.63) is 77.2 Å². The first-order chi connectivity index (χ1) is 11.2. The summed E-state index contributed by atoms with van der Waals surface area (Å²) in [6, 6.07) is 18.7. The summed E-state index contributed by atoms with van der Waals surface area (Å²) in [7, 11) is 1.80. The summed E-state index contributed by atoms with van der Waals surface area (Å²) in [5.74, 6) is -0.325. The quantitative estimate of drug-likeness (QED) is 0.444. The van der Waals surface area contributed by atoms with Gasteiger partial charge in [0.25, 0.3) is 0 Å². The Morgan fingerprint density at radius 3 is 2.08 bits per heavy atom. The molecule has 0 spiro atoms. The number of aliphatic imine (C=N–C) groups is 1. The van der Waals surface area contributed by atoms with Crippen LogP contribution in [0.15, 0.2) is 65.7 Å². The second-order valence-electron chi connectivity index (χ2n) is 5.65. The van der Waals surface area contributed by atoms with Gasteiger partial charge in [0.2, 0.25) is 5.91 Å². The van der Waals surface area contributed by atoms with Crippen molar-refractivity contribution in [3.63, 3.8) is 0 Å². The number of rotatable bonds is 3. The average molecular weight is 327 g/mol. The molecule has 1 saturated heterocycles. The molecule has 1 atom stereocenters. The maximum absolute atomic E-state index is 12.4. The number of hydrogen-bond donors (Lipinski definition) is 0. The fourth-order valence-corrected chi connectivity index (χ4v) is 2.79. The van der Waals surface area contributed by atoms with Crippen molar-refractivity contribution in [2.24, 2.45) is 10.9 Å². The molecule has 24 heavy (non-hydrogen) atoms. The van der Waals surface area contributed by atoms with Crippen LogP contribution in [-0.2, 0) is 4.79 Å². The van der Waals surface area contributed by atoms with E-state index in [0.717, 1.165) is 5.56 Å². The molecule has 0 radical (unpaired) electrons. The molecule has 2 aromatic carbocycles. The zero-order valence-corrected chi connectivity index (χ0v) is 16.0. The molecule has 3 rings (SSSR count). The number of benzene rings is 2. The van der Waals surface area contributed by atoms with Gasteiger partial charge in [-0.1, -0.05) is 66.5 Å². The summed E-state index contributed by atoms with van der Waals surface area (Å²) >= 11 is 0. The average Bonchev–Trinajstić information content (AvgIpc) is 2.93. The molecule has 0 saturated carbocycles. The predicted octanol–water partition coefficient (Wildman–Crippen LogP) is -0.0258. The minimum absolute atomic E-state index is 0. The second kappa shape index (κ2) is 8.38. The van der Waals surface area contributed by atoms with E-state index < -0.39 is 0 Å². The third-order valence-corrected chi connectivity index (χ3v) is 4.09. The smallest absolute Gasteiger partial charge is 0.464 e. The first-order valence-electron chi connectivity index (χ1n) is 7.67. The molecule has 1 fully saturated rings. The Balaban J connectivity index is 0.00000208. The fourth-order valence-electron chi connectivity index (χ4n) is 2.79. The van der Waals surface area contributed by atoms with Crippen LogP contribution in [-0.4, -0.2) is 35.9 Å². The van der Waals surface area contributed by atoms with Gasteiger partial charge in [-0.25, -0.2) is 0 Å². The minimum Gasteiger partial charge on any atom is -0.464 e. The van der Waals surface area contributed by atoms with Crippen molar-refractivity contribution in [1.82, 2.24) is 4.90 Å². The molecular weight excluding hydrogens is 309 g/mol. The summed E-state index contributed by atoms with van der Waals surface area (Å²) in [6.07, 6.45) is 0.713. The van der Waals surface area contributed by atoms with E-state index in [1.54, 1.807) is 24.1 Å². The van der Waals surface area contributed by atoms with Gasteiger partial charge in [-0.3, -0.25) is 4.79 Å². The predicted molar refractivity (Wildman–Crippen MR) is 92.6 cm³/mol. The van der Waals surface area contributed by atoms with E-state index in [4.69, 9.17) is 0 Å². The Morgan fingerprint density at radius 1 is 1.04 bits per heavy atom. The van der Waals surface area contributed by atoms with Gasteiger partial charge in [0, 0.05) is 13.6 Å². The van der Waals surface area contributed by atoms with Crippen molar-refractivity contribution in [1.29, 1.82) is 0 Å². The minimum atomic E-state index is -0.312. The third-order valence-electron chi connectivity index (χ3n) is 4.09. The number of likely N-dealkylation sites (tertiary alicyclic amines) is 1. The summed E-state index contributed by atoms with van der Waals surface area (Å²) < 4.78 is 0. The molecular formula is C19H18N3NaO. The number of amidine groups is 1. The van der Waals surface area contributed by atoms with Crippen LogP contribution in [0.25, 0.3) is 5.41 Å². The van der Waals surface area contributed by atoms with Crippen LogP contribution in [0.3, 0.4) is 0 Å². The first-order valence-corrected chi connectivity index (χ1v) is 7.67.